The largest absolute Gasteiger partial charge is 0.348 e. The van der Waals surface area contributed by atoms with Crippen LogP contribution in [0.15, 0.2) is 42.7 Å². The summed E-state index contributed by atoms with van der Waals surface area (Å²) in [6.07, 6.45) is 3.65. The lowest BCUT2D eigenvalue weighted by atomic mass is 10.1. The molecule has 1 saturated heterocycles. The molecule has 7 heteroatoms. The molecule has 3 rings (SSSR count). The van der Waals surface area contributed by atoms with Crippen LogP contribution >= 0.6 is 24.2 Å². The number of nitrogens with one attached hydrogen (secondary N) is 2. The van der Waals surface area contributed by atoms with Crippen molar-refractivity contribution >= 4 is 30.1 Å². The summed E-state index contributed by atoms with van der Waals surface area (Å²) in [4.78, 5) is 12.2. The Bertz CT molecular complexity index is 614. The molecule has 1 aromatic carbocycles. The van der Waals surface area contributed by atoms with Gasteiger partial charge in [-0.25, -0.2) is 4.68 Å². The number of benzene rings is 1. The SMILES string of the molecule is CC(NC(=O)C1CSCN1)c1ccccc1-n1cccn1.Cl. The molecule has 1 aromatic heterocycles. The Hall–Kier alpha value is -1.50. The second-order valence-electron chi connectivity index (χ2n) is 5.01. The molecule has 0 bridgehead atoms. The summed E-state index contributed by atoms with van der Waals surface area (Å²) in [5.74, 6) is 1.73. The minimum atomic E-state index is -0.0886. The Balaban J connectivity index is 0.00000176. The van der Waals surface area contributed by atoms with Gasteiger partial charge in [0.2, 0.25) is 5.91 Å². The van der Waals surface area contributed by atoms with Crippen molar-refractivity contribution in [1.82, 2.24) is 20.4 Å². The topological polar surface area (TPSA) is 59.0 Å². The molecule has 2 unspecified atom stereocenters. The number of nitrogens with zero attached hydrogens (tertiary/aromatic N) is 2. The van der Waals surface area contributed by atoms with Crippen molar-refractivity contribution < 1.29 is 4.79 Å². The van der Waals surface area contributed by atoms with E-state index in [0.717, 1.165) is 22.9 Å². The number of aromatic nitrogens is 2. The van der Waals surface area contributed by atoms with E-state index in [-0.39, 0.29) is 30.4 Å². The Morgan fingerprint density at radius 3 is 2.95 bits per heavy atom. The quantitative estimate of drug-likeness (QED) is 0.896. The normalized spacial score (nSPS) is 18.5. The number of rotatable bonds is 4. The lowest BCUT2D eigenvalue weighted by Crippen LogP contribution is -2.43. The number of para-hydroxylation sites is 1. The predicted molar refractivity (Wildman–Crippen MR) is 91.6 cm³/mol. The Labute approximate surface area is 140 Å². The third-order valence-corrected chi connectivity index (χ3v) is 4.49. The number of hydrogen-bond acceptors (Lipinski definition) is 4. The lowest BCUT2D eigenvalue weighted by molar-refractivity contribution is -0.123. The van der Waals surface area contributed by atoms with Gasteiger partial charge >= 0.3 is 0 Å². The predicted octanol–water partition coefficient (Wildman–Crippen LogP) is 2.13. The van der Waals surface area contributed by atoms with Gasteiger partial charge in [0.05, 0.1) is 17.8 Å². The van der Waals surface area contributed by atoms with Crippen molar-refractivity contribution in [3.63, 3.8) is 0 Å². The summed E-state index contributed by atoms with van der Waals surface area (Å²) < 4.78 is 1.82. The summed E-state index contributed by atoms with van der Waals surface area (Å²) >= 11 is 1.75. The highest BCUT2D eigenvalue weighted by molar-refractivity contribution is 7.99. The number of amides is 1. The highest BCUT2D eigenvalue weighted by atomic mass is 35.5. The first-order chi connectivity index (χ1) is 10.3. The molecule has 2 heterocycles. The maximum atomic E-state index is 12.2. The second-order valence-corrected chi connectivity index (χ2v) is 6.04. The number of thioether (sulfide) groups is 1. The molecule has 2 aromatic rings. The molecule has 0 radical (unpaired) electrons. The monoisotopic (exact) mass is 338 g/mol. The van der Waals surface area contributed by atoms with Gasteiger partial charge in [0.1, 0.15) is 0 Å². The summed E-state index contributed by atoms with van der Waals surface area (Å²) in [5.41, 5.74) is 2.05. The van der Waals surface area contributed by atoms with E-state index < -0.39 is 0 Å². The van der Waals surface area contributed by atoms with Crippen molar-refractivity contribution in [3.05, 3.63) is 48.3 Å². The van der Waals surface area contributed by atoms with Gasteiger partial charge in [-0.2, -0.15) is 5.10 Å². The molecule has 0 aliphatic carbocycles. The molecule has 0 saturated carbocycles. The van der Waals surface area contributed by atoms with E-state index in [2.05, 4.69) is 15.7 Å². The zero-order valence-electron chi connectivity index (χ0n) is 12.2. The van der Waals surface area contributed by atoms with Gasteiger partial charge in [-0.05, 0) is 24.6 Å². The molecule has 2 atom stereocenters. The highest BCUT2D eigenvalue weighted by Crippen LogP contribution is 2.21. The van der Waals surface area contributed by atoms with E-state index in [1.54, 1.807) is 18.0 Å². The van der Waals surface area contributed by atoms with E-state index in [0.29, 0.717) is 0 Å². The fourth-order valence-corrected chi connectivity index (χ4v) is 3.37. The van der Waals surface area contributed by atoms with Gasteiger partial charge < -0.3 is 5.32 Å². The van der Waals surface area contributed by atoms with Gasteiger partial charge in [0, 0.05) is 24.0 Å². The fraction of sp³-hybridized carbons (Fsp3) is 0.333. The summed E-state index contributed by atoms with van der Waals surface area (Å²) in [6.45, 7) is 2.00. The lowest BCUT2D eigenvalue weighted by Gasteiger charge is -2.20. The third kappa shape index (κ3) is 3.63. The average molecular weight is 339 g/mol. The Morgan fingerprint density at radius 2 is 2.27 bits per heavy atom. The molecule has 22 heavy (non-hydrogen) atoms. The Morgan fingerprint density at radius 1 is 1.45 bits per heavy atom. The zero-order chi connectivity index (χ0) is 14.7. The van der Waals surface area contributed by atoms with Crippen LogP contribution in [0.25, 0.3) is 5.69 Å². The molecule has 1 aliphatic rings. The van der Waals surface area contributed by atoms with Gasteiger partial charge in [-0.3, -0.25) is 10.1 Å². The minimum absolute atomic E-state index is 0. The van der Waals surface area contributed by atoms with Crippen LogP contribution in [0.5, 0.6) is 0 Å². The first-order valence-electron chi connectivity index (χ1n) is 6.96. The van der Waals surface area contributed by atoms with E-state index in [9.17, 15) is 4.79 Å². The van der Waals surface area contributed by atoms with Gasteiger partial charge in [-0.15, -0.1) is 24.2 Å². The molecular weight excluding hydrogens is 320 g/mol. The molecular formula is C15H19ClN4OS. The van der Waals surface area contributed by atoms with Crippen LogP contribution in [0.2, 0.25) is 0 Å². The van der Waals surface area contributed by atoms with Crippen LogP contribution in [0, 0.1) is 0 Å². The van der Waals surface area contributed by atoms with Gasteiger partial charge in [0.25, 0.3) is 0 Å². The molecule has 0 spiro atoms. The highest BCUT2D eigenvalue weighted by Gasteiger charge is 2.24. The van der Waals surface area contributed by atoms with Crippen LogP contribution < -0.4 is 10.6 Å². The van der Waals surface area contributed by atoms with E-state index in [1.807, 2.05) is 48.1 Å². The van der Waals surface area contributed by atoms with Crippen molar-refractivity contribution in [2.45, 2.75) is 19.0 Å². The second kappa shape index (κ2) is 7.67. The van der Waals surface area contributed by atoms with E-state index >= 15 is 0 Å². The molecule has 5 nitrogen and oxygen atoms in total. The van der Waals surface area contributed by atoms with Crippen molar-refractivity contribution in [2.75, 3.05) is 11.6 Å². The first-order valence-corrected chi connectivity index (χ1v) is 8.11. The maximum absolute atomic E-state index is 12.2. The van der Waals surface area contributed by atoms with Gasteiger partial charge in [-0.1, -0.05) is 18.2 Å². The smallest absolute Gasteiger partial charge is 0.238 e. The van der Waals surface area contributed by atoms with E-state index in [4.69, 9.17) is 0 Å². The van der Waals surface area contributed by atoms with Gasteiger partial charge in [0.15, 0.2) is 0 Å². The fourth-order valence-electron chi connectivity index (χ4n) is 2.43. The van der Waals surface area contributed by atoms with Crippen molar-refractivity contribution in [3.8, 4) is 5.69 Å². The number of hydrogen-bond donors (Lipinski definition) is 2. The zero-order valence-corrected chi connectivity index (χ0v) is 13.9. The first kappa shape index (κ1) is 16.9. The molecule has 1 amide bonds. The summed E-state index contributed by atoms with van der Waals surface area (Å²) in [6, 6.07) is 9.73. The minimum Gasteiger partial charge on any atom is -0.348 e. The molecule has 1 fully saturated rings. The van der Waals surface area contributed by atoms with Crippen LogP contribution in [0.1, 0.15) is 18.5 Å². The van der Waals surface area contributed by atoms with E-state index in [1.165, 1.54) is 0 Å². The van der Waals surface area contributed by atoms with Crippen molar-refractivity contribution in [2.24, 2.45) is 0 Å². The average Bonchev–Trinajstić information content (AvgIpc) is 3.20. The standard InChI is InChI=1S/C15H18N4OS.ClH/c1-11(18-15(20)13-9-21-10-16-13)12-5-2-3-6-14(12)19-8-4-7-17-19;/h2-8,11,13,16H,9-10H2,1H3,(H,18,20);1H. The maximum Gasteiger partial charge on any atom is 0.238 e. The van der Waals surface area contributed by atoms with Crippen LogP contribution in [0.4, 0.5) is 0 Å². The number of carbonyl (C=O) groups is 1. The number of carbonyl (C=O) groups excluding carboxylic acids is 1. The van der Waals surface area contributed by atoms with Crippen LogP contribution in [-0.4, -0.2) is 33.4 Å². The van der Waals surface area contributed by atoms with Crippen LogP contribution in [-0.2, 0) is 4.79 Å². The Kier molecular flexibility index (Phi) is 5.88. The van der Waals surface area contributed by atoms with Crippen molar-refractivity contribution in [1.29, 1.82) is 0 Å². The molecule has 1 aliphatic heterocycles. The number of halogens is 1. The third-order valence-electron chi connectivity index (χ3n) is 3.55. The molecule has 2 N–H and O–H groups in total. The van der Waals surface area contributed by atoms with Crippen LogP contribution in [0.3, 0.4) is 0 Å². The summed E-state index contributed by atoms with van der Waals surface area (Å²) in [5, 5.41) is 10.5. The molecule has 118 valence electrons. The summed E-state index contributed by atoms with van der Waals surface area (Å²) in [7, 11) is 0.